The van der Waals surface area contributed by atoms with E-state index in [0.29, 0.717) is 13.2 Å². The monoisotopic (exact) mass is 264 g/mol. The Morgan fingerprint density at radius 3 is 2.74 bits per heavy atom. The van der Waals surface area contributed by atoms with Crippen molar-refractivity contribution in [2.75, 3.05) is 13.7 Å². The number of rotatable bonds is 4. The smallest absolute Gasteiger partial charge is 0.184 e. The van der Waals surface area contributed by atoms with Gasteiger partial charge >= 0.3 is 0 Å². The fraction of sp³-hybridized carbons (Fsp3) is 0.600. The molecule has 4 heteroatoms. The Morgan fingerprint density at radius 2 is 2.00 bits per heavy atom. The average molecular weight is 264 g/mol. The van der Waals surface area contributed by atoms with E-state index in [9.17, 15) is 0 Å². The molecule has 4 unspecified atom stereocenters. The lowest BCUT2D eigenvalue weighted by Gasteiger charge is -2.32. The molecule has 3 rings (SSSR count). The molecule has 2 fully saturated rings. The molecular formula is C15H20O4. The van der Waals surface area contributed by atoms with Gasteiger partial charge in [-0.2, -0.15) is 0 Å². The van der Waals surface area contributed by atoms with Crippen LogP contribution in [0.25, 0.3) is 0 Å². The molecule has 0 N–H and O–H groups in total. The summed E-state index contributed by atoms with van der Waals surface area (Å²) in [5.41, 5.74) is 2.42. The molecule has 2 aliphatic rings. The average Bonchev–Trinajstić information content (AvgIpc) is 2.85. The molecule has 4 nitrogen and oxygen atoms in total. The summed E-state index contributed by atoms with van der Waals surface area (Å²) < 4.78 is 22.7. The van der Waals surface area contributed by atoms with E-state index in [-0.39, 0.29) is 24.6 Å². The van der Waals surface area contributed by atoms with Gasteiger partial charge in [0, 0.05) is 13.5 Å². The van der Waals surface area contributed by atoms with Crippen molar-refractivity contribution >= 4 is 0 Å². The molecule has 19 heavy (non-hydrogen) atoms. The Balaban J connectivity index is 1.58. The van der Waals surface area contributed by atoms with Crippen LogP contribution < -0.4 is 0 Å². The summed E-state index contributed by atoms with van der Waals surface area (Å²) in [5, 5.41) is 0. The second kappa shape index (κ2) is 5.59. The highest BCUT2D eigenvalue weighted by Gasteiger charge is 2.44. The van der Waals surface area contributed by atoms with Gasteiger partial charge < -0.3 is 18.9 Å². The summed E-state index contributed by atoms with van der Waals surface area (Å²) in [6.45, 7) is 3.26. The maximum atomic E-state index is 5.94. The molecule has 0 spiro atoms. The highest BCUT2D eigenvalue weighted by atomic mass is 16.7. The lowest BCUT2D eigenvalue weighted by Crippen LogP contribution is -2.43. The number of benzene rings is 1. The first-order valence-corrected chi connectivity index (χ1v) is 6.73. The SMILES string of the molecule is COC1CC(OCc2ccc(C)cc2)C2OCC1O2. The van der Waals surface area contributed by atoms with Gasteiger partial charge in [-0.3, -0.25) is 0 Å². The van der Waals surface area contributed by atoms with Crippen LogP contribution in [0.4, 0.5) is 0 Å². The van der Waals surface area contributed by atoms with Crippen LogP contribution in [-0.2, 0) is 25.6 Å². The number of methoxy groups -OCH3 is 1. The van der Waals surface area contributed by atoms with Crippen molar-refractivity contribution in [3.8, 4) is 0 Å². The lowest BCUT2D eigenvalue weighted by molar-refractivity contribution is -0.205. The standard InChI is InChI=1S/C15H20O4/c1-10-3-5-11(6-4-10)8-17-13-7-12(16-2)14-9-18-15(13)19-14/h3-6,12-15H,7-9H2,1-2H3. The summed E-state index contributed by atoms with van der Waals surface area (Å²) in [6.07, 6.45) is 0.681. The van der Waals surface area contributed by atoms with Gasteiger partial charge in [-0.25, -0.2) is 0 Å². The van der Waals surface area contributed by atoms with E-state index in [1.54, 1.807) is 7.11 Å². The Kier molecular flexibility index (Phi) is 3.84. The zero-order valence-corrected chi connectivity index (χ0v) is 11.4. The highest BCUT2D eigenvalue weighted by molar-refractivity contribution is 5.20. The minimum absolute atomic E-state index is 0.0509. The van der Waals surface area contributed by atoms with E-state index in [0.717, 1.165) is 6.42 Å². The third kappa shape index (κ3) is 2.82. The molecule has 2 bridgehead atoms. The minimum Gasteiger partial charge on any atom is -0.379 e. The van der Waals surface area contributed by atoms with Crippen molar-refractivity contribution in [3.63, 3.8) is 0 Å². The Labute approximate surface area is 113 Å². The molecule has 0 amide bonds. The first kappa shape index (κ1) is 13.1. The summed E-state index contributed by atoms with van der Waals surface area (Å²) >= 11 is 0. The van der Waals surface area contributed by atoms with Gasteiger partial charge in [-0.15, -0.1) is 0 Å². The number of aryl methyl sites for hydroxylation is 1. The largest absolute Gasteiger partial charge is 0.379 e. The third-order valence-corrected chi connectivity index (χ3v) is 3.80. The van der Waals surface area contributed by atoms with Crippen LogP contribution in [0.3, 0.4) is 0 Å². The first-order chi connectivity index (χ1) is 9.26. The van der Waals surface area contributed by atoms with E-state index < -0.39 is 0 Å². The molecule has 2 saturated heterocycles. The van der Waals surface area contributed by atoms with E-state index >= 15 is 0 Å². The molecule has 4 atom stereocenters. The van der Waals surface area contributed by atoms with Gasteiger partial charge in [0.25, 0.3) is 0 Å². The van der Waals surface area contributed by atoms with E-state index in [4.69, 9.17) is 18.9 Å². The molecule has 2 aliphatic heterocycles. The van der Waals surface area contributed by atoms with Gasteiger partial charge in [0.05, 0.1) is 19.3 Å². The normalized spacial score (nSPS) is 33.6. The van der Waals surface area contributed by atoms with Crippen molar-refractivity contribution in [3.05, 3.63) is 35.4 Å². The molecule has 1 aromatic carbocycles. The number of hydrogen-bond acceptors (Lipinski definition) is 4. The van der Waals surface area contributed by atoms with Crippen molar-refractivity contribution in [1.29, 1.82) is 0 Å². The van der Waals surface area contributed by atoms with Crippen LogP contribution in [0.15, 0.2) is 24.3 Å². The van der Waals surface area contributed by atoms with Crippen molar-refractivity contribution in [2.24, 2.45) is 0 Å². The molecule has 0 radical (unpaired) electrons. The molecular weight excluding hydrogens is 244 g/mol. The zero-order chi connectivity index (χ0) is 13.2. The van der Waals surface area contributed by atoms with E-state index in [2.05, 4.69) is 31.2 Å². The maximum absolute atomic E-state index is 5.94. The molecule has 1 aromatic rings. The molecule has 0 saturated carbocycles. The first-order valence-electron chi connectivity index (χ1n) is 6.73. The third-order valence-electron chi connectivity index (χ3n) is 3.80. The highest BCUT2D eigenvalue weighted by Crippen LogP contribution is 2.31. The molecule has 0 aromatic heterocycles. The van der Waals surface area contributed by atoms with Crippen LogP contribution in [0, 0.1) is 6.92 Å². The number of ether oxygens (including phenoxy) is 4. The van der Waals surface area contributed by atoms with Crippen LogP contribution in [-0.4, -0.2) is 38.3 Å². The summed E-state index contributed by atoms with van der Waals surface area (Å²) in [5.74, 6) is 0. The molecule has 0 aliphatic carbocycles. The van der Waals surface area contributed by atoms with Crippen LogP contribution >= 0.6 is 0 Å². The Morgan fingerprint density at radius 1 is 1.21 bits per heavy atom. The minimum atomic E-state index is -0.234. The fourth-order valence-electron chi connectivity index (χ4n) is 2.60. The quantitative estimate of drug-likeness (QED) is 0.834. The lowest BCUT2D eigenvalue weighted by atomic mass is 10.0. The van der Waals surface area contributed by atoms with Gasteiger partial charge in [-0.05, 0) is 12.5 Å². The molecule has 2 heterocycles. The summed E-state index contributed by atoms with van der Waals surface area (Å²) in [4.78, 5) is 0. The van der Waals surface area contributed by atoms with Crippen molar-refractivity contribution in [1.82, 2.24) is 0 Å². The fourth-order valence-corrected chi connectivity index (χ4v) is 2.60. The second-order valence-electron chi connectivity index (χ2n) is 5.22. The van der Waals surface area contributed by atoms with E-state index in [1.807, 2.05) is 0 Å². The van der Waals surface area contributed by atoms with Gasteiger partial charge in [-0.1, -0.05) is 29.8 Å². The van der Waals surface area contributed by atoms with E-state index in [1.165, 1.54) is 11.1 Å². The van der Waals surface area contributed by atoms with Crippen LogP contribution in [0.5, 0.6) is 0 Å². The maximum Gasteiger partial charge on any atom is 0.184 e. The Bertz CT molecular complexity index is 417. The second-order valence-corrected chi connectivity index (χ2v) is 5.22. The topological polar surface area (TPSA) is 36.9 Å². The van der Waals surface area contributed by atoms with Crippen molar-refractivity contribution < 1.29 is 18.9 Å². The Hall–Kier alpha value is -0.940. The van der Waals surface area contributed by atoms with Gasteiger partial charge in [0.1, 0.15) is 12.2 Å². The predicted molar refractivity (Wildman–Crippen MR) is 69.8 cm³/mol. The summed E-state index contributed by atoms with van der Waals surface area (Å²) in [6, 6.07) is 8.36. The van der Waals surface area contributed by atoms with Crippen molar-refractivity contribution in [2.45, 2.75) is 44.6 Å². The number of hydrogen-bond donors (Lipinski definition) is 0. The predicted octanol–water partition coefficient (Wildman–Crippen LogP) is 2.04. The molecule has 104 valence electrons. The van der Waals surface area contributed by atoms with Crippen LogP contribution in [0.2, 0.25) is 0 Å². The van der Waals surface area contributed by atoms with Gasteiger partial charge in [0.15, 0.2) is 6.29 Å². The summed E-state index contributed by atoms with van der Waals surface area (Å²) in [7, 11) is 1.71. The zero-order valence-electron chi connectivity index (χ0n) is 11.4. The van der Waals surface area contributed by atoms with Crippen LogP contribution in [0.1, 0.15) is 17.5 Å². The van der Waals surface area contributed by atoms with Gasteiger partial charge in [0.2, 0.25) is 0 Å². The number of fused-ring (bicyclic) bond motifs is 2.